The van der Waals surface area contributed by atoms with E-state index in [-0.39, 0.29) is 22.8 Å². The first kappa shape index (κ1) is 15.9. The Morgan fingerprint density at radius 2 is 1.79 bits per heavy atom. The van der Waals surface area contributed by atoms with Crippen molar-refractivity contribution in [1.82, 2.24) is 10.1 Å². The molecule has 0 radical (unpaired) electrons. The van der Waals surface area contributed by atoms with E-state index in [0.717, 1.165) is 5.56 Å². The molecule has 1 aromatic heterocycles. The normalized spacial score (nSPS) is 10.8. The predicted molar refractivity (Wildman–Crippen MR) is 86.3 cm³/mol. The Morgan fingerprint density at radius 3 is 2.46 bits per heavy atom. The van der Waals surface area contributed by atoms with E-state index < -0.39 is 11.8 Å². The van der Waals surface area contributed by atoms with E-state index in [4.69, 9.17) is 4.52 Å². The van der Waals surface area contributed by atoms with Gasteiger partial charge in [-0.15, -0.1) is 0 Å². The summed E-state index contributed by atoms with van der Waals surface area (Å²) in [7, 11) is 0. The minimum absolute atomic E-state index is 0.0696. The summed E-state index contributed by atoms with van der Waals surface area (Å²) in [5, 5.41) is 13.2. The van der Waals surface area contributed by atoms with E-state index in [9.17, 15) is 14.3 Å². The average Bonchev–Trinajstić information content (AvgIpc) is 2.96. The van der Waals surface area contributed by atoms with Crippen molar-refractivity contribution in [3.05, 3.63) is 58.4 Å². The molecule has 0 saturated carbocycles. The topological polar surface area (TPSA) is 76.2 Å². The standard InChI is InChI=1S/C18H15FN2O3/c1-9-5-4-6-13(19)15(9)17-20-16(21-24-17)14-10(2)7-8-12(11(14)3)18(22)23/h4-8H,1-3H3,(H,22,23). The zero-order chi connectivity index (χ0) is 17.4. The molecule has 6 heteroatoms. The quantitative estimate of drug-likeness (QED) is 0.782. The summed E-state index contributed by atoms with van der Waals surface area (Å²) in [4.78, 5) is 15.6. The molecule has 0 aliphatic heterocycles. The van der Waals surface area contributed by atoms with Crippen LogP contribution >= 0.6 is 0 Å². The molecule has 1 N–H and O–H groups in total. The Morgan fingerprint density at radius 1 is 1.08 bits per heavy atom. The fourth-order valence-corrected chi connectivity index (χ4v) is 2.75. The van der Waals surface area contributed by atoms with Crippen molar-refractivity contribution in [2.45, 2.75) is 20.8 Å². The minimum Gasteiger partial charge on any atom is -0.478 e. The molecule has 3 rings (SSSR count). The van der Waals surface area contributed by atoms with Crippen molar-refractivity contribution in [2.75, 3.05) is 0 Å². The number of aryl methyl sites for hydroxylation is 2. The molecule has 0 amide bonds. The number of aromatic carboxylic acids is 1. The van der Waals surface area contributed by atoms with Crippen LogP contribution in [0.2, 0.25) is 0 Å². The SMILES string of the molecule is Cc1cccc(F)c1-c1nc(-c2c(C)ccc(C(=O)O)c2C)no1. The third kappa shape index (κ3) is 2.56. The van der Waals surface area contributed by atoms with Crippen LogP contribution in [0.5, 0.6) is 0 Å². The molecule has 0 atom stereocenters. The van der Waals surface area contributed by atoms with Gasteiger partial charge in [-0.3, -0.25) is 0 Å². The minimum atomic E-state index is -1.03. The van der Waals surface area contributed by atoms with Gasteiger partial charge in [-0.05, 0) is 49.6 Å². The second-order valence-corrected chi connectivity index (χ2v) is 5.59. The van der Waals surface area contributed by atoms with Gasteiger partial charge in [-0.2, -0.15) is 4.98 Å². The third-order valence-corrected chi connectivity index (χ3v) is 3.99. The van der Waals surface area contributed by atoms with Crippen LogP contribution in [0.1, 0.15) is 27.0 Å². The molecular formula is C18H15FN2O3. The fourth-order valence-electron chi connectivity index (χ4n) is 2.75. The largest absolute Gasteiger partial charge is 0.478 e. The van der Waals surface area contributed by atoms with Gasteiger partial charge in [0.15, 0.2) is 0 Å². The lowest BCUT2D eigenvalue weighted by Gasteiger charge is -2.08. The van der Waals surface area contributed by atoms with Gasteiger partial charge >= 0.3 is 5.97 Å². The van der Waals surface area contributed by atoms with Crippen molar-refractivity contribution < 1.29 is 18.8 Å². The second kappa shape index (κ2) is 5.88. The van der Waals surface area contributed by atoms with Crippen LogP contribution in [0.15, 0.2) is 34.9 Å². The molecule has 2 aromatic carbocycles. The van der Waals surface area contributed by atoms with Crippen LogP contribution < -0.4 is 0 Å². The van der Waals surface area contributed by atoms with Crippen LogP contribution in [0.3, 0.4) is 0 Å². The maximum Gasteiger partial charge on any atom is 0.335 e. The van der Waals surface area contributed by atoms with Gasteiger partial charge in [0.1, 0.15) is 5.82 Å². The number of hydrogen-bond donors (Lipinski definition) is 1. The van der Waals surface area contributed by atoms with E-state index in [0.29, 0.717) is 16.7 Å². The van der Waals surface area contributed by atoms with Gasteiger partial charge in [-0.25, -0.2) is 9.18 Å². The monoisotopic (exact) mass is 326 g/mol. The molecule has 1 heterocycles. The third-order valence-electron chi connectivity index (χ3n) is 3.99. The molecule has 24 heavy (non-hydrogen) atoms. The Kier molecular flexibility index (Phi) is 3.89. The van der Waals surface area contributed by atoms with Gasteiger partial charge in [0.05, 0.1) is 11.1 Å². The van der Waals surface area contributed by atoms with Crippen molar-refractivity contribution in [3.63, 3.8) is 0 Å². The molecule has 0 saturated heterocycles. The summed E-state index contributed by atoms with van der Waals surface area (Å²) in [6, 6.07) is 7.92. The summed E-state index contributed by atoms with van der Waals surface area (Å²) in [5.74, 6) is -1.16. The fraction of sp³-hybridized carbons (Fsp3) is 0.167. The Bertz CT molecular complexity index is 927. The number of hydrogen-bond acceptors (Lipinski definition) is 4. The zero-order valence-corrected chi connectivity index (χ0v) is 13.4. The van der Waals surface area contributed by atoms with Gasteiger partial charge in [0.25, 0.3) is 5.89 Å². The molecule has 0 aliphatic carbocycles. The summed E-state index contributed by atoms with van der Waals surface area (Å²) < 4.78 is 19.3. The maximum absolute atomic E-state index is 14.1. The second-order valence-electron chi connectivity index (χ2n) is 5.59. The Balaban J connectivity index is 2.16. The highest BCUT2D eigenvalue weighted by atomic mass is 19.1. The summed E-state index contributed by atoms with van der Waals surface area (Å²) in [6.07, 6.45) is 0. The van der Waals surface area contributed by atoms with Gasteiger partial charge in [-0.1, -0.05) is 23.4 Å². The number of halogens is 1. The number of carboxylic acids is 1. The average molecular weight is 326 g/mol. The van der Waals surface area contributed by atoms with Gasteiger partial charge in [0.2, 0.25) is 5.82 Å². The molecule has 122 valence electrons. The van der Waals surface area contributed by atoms with Crippen molar-refractivity contribution in [3.8, 4) is 22.8 Å². The van der Waals surface area contributed by atoms with E-state index in [2.05, 4.69) is 10.1 Å². The molecular weight excluding hydrogens is 311 g/mol. The molecule has 3 aromatic rings. The number of carboxylic acid groups (broad SMARTS) is 1. The molecule has 0 aliphatic rings. The summed E-state index contributed by atoms with van der Waals surface area (Å²) >= 11 is 0. The summed E-state index contributed by atoms with van der Waals surface area (Å²) in [6.45, 7) is 5.28. The van der Waals surface area contributed by atoms with Crippen LogP contribution in [0.25, 0.3) is 22.8 Å². The number of rotatable bonds is 3. The van der Waals surface area contributed by atoms with E-state index in [1.54, 1.807) is 38.1 Å². The smallest absolute Gasteiger partial charge is 0.335 e. The Labute approximate surface area is 137 Å². The molecule has 0 bridgehead atoms. The highest BCUT2D eigenvalue weighted by Gasteiger charge is 2.21. The lowest BCUT2D eigenvalue weighted by molar-refractivity contribution is 0.0696. The van der Waals surface area contributed by atoms with Crippen LogP contribution in [0, 0.1) is 26.6 Å². The van der Waals surface area contributed by atoms with E-state index >= 15 is 0 Å². The maximum atomic E-state index is 14.1. The van der Waals surface area contributed by atoms with Crippen LogP contribution in [-0.4, -0.2) is 21.2 Å². The van der Waals surface area contributed by atoms with Crippen molar-refractivity contribution in [2.24, 2.45) is 0 Å². The molecule has 0 unspecified atom stereocenters. The zero-order valence-electron chi connectivity index (χ0n) is 13.4. The van der Waals surface area contributed by atoms with Gasteiger partial charge < -0.3 is 9.63 Å². The first-order valence-electron chi connectivity index (χ1n) is 7.33. The van der Waals surface area contributed by atoms with Crippen LogP contribution in [-0.2, 0) is 0 Å². The van der Waals surface area contributed by atoms with Gasteiger partial charge in [0, 0.05) is 5.56 Å². The molecule has 0 spiro atoms. The highest BCUT2D eigenvalue weighted by Crippen LogP contribution is 2.31. The Hall–Kier alpha value is -3.02. The first-order valence-corrected chi connectivity index (χ1v) is 7.33. The predicted octanol–water partition coefficient (Wildman–Crippen LogP) is 4.17. The number of nitrogens with zero attached hydrogens (tertiary/aromatic N) is 2. The number of benzene rings is 2. The molecule has 5 nitrogen and oxygen atoms in total. The number of aromatic nitrogens is 2. The van der Waals surface area contributed by atoms with E-state index in [1.807, 2.05) is 6.92 Å². The molecule has 0 fully saturated rings. The number of carbonyl (C=O) groups is 1. The highest BCUT2D eigenvalue weighted by molar-refractivity contribution is 5.92. The van der Waals surface area contributed by atoms with Crippen molar-refractivity contribution >= 4 is 5.97 Å². The lowest BCUT2D eigenvalue weighted by Crippen LogP contribution is -2.03. The first-order chi connectivity index (χ1) is 11.4. The lowest BCUT2D eigenvalue weighted by atomic mass is 9.97. The van der Waals surface area contributed by atoms with Crippen molar-refractivity contribution in [1.29, 1.82) is 0 Å². The summed E-state index contributed by atoms with van der Waals surface area (Å²) in [5.41, 5.74) is 3.04. The van der Waals surface area contributed by atoms with E-state index in [1.165, 1.54) is 6.07 Å². The van der Waals surface area contributed by atoms with Crippen LogP contribution in [0.4, 0.5) is 4.39 Å².